The van der Waals surface area contributed by atoms with Gasteiger partial charge in [-0.25, -0.2) is 0 Å². The quantitative estimate of drug-likeness (QED) is 0.0693. The van der Waals surface area contributed by atoms with Crippen LogP contribution in [0.4, 0.5) is 8.78 Å². The SMILES string of the molecule is CCC(CC)C(=O)/C=C(\O)C(CC)CC.Cc1c(-c2ccc3c(c2)CC(F)(F)CC3)[se]c2c(-c3[c-]c4ccccc4c(C(C)(C)C)c3)nccc12.[Ir]. The molecular weight excluding hydrogens is 896 g/mol. The molecule has 0 fully saturated rings. The summed E-state index contributed by atoms with van der Waals surface area (Å²) in [6.45, 7) is 17.0. The van der Waals surface area contributed by atoms with Gasteiger partial charge in [0.15, 0.2) is 5.78 Å². The smallest absolute Gasteiger partial charge is 0 e. The number of aliphatic hydroxyl groups is 1. The first-order chi connectivity index (χ1) is 24.2. The average Bonchev–Trinajstić information content (AvgIpc) is 3.44. The van der Waals surface area contributed by atoms with Crippen LogP contribution in [0.2, 0.25) is 0 Å². The number of rotatable bonds is 9. The number of alkyl halides is 2. The van der Waals surface area contributed by atoms with Gasteiger partial charge in [0.05, 0.1) is 5.76 Å². The predicted molar refractivity (Wildman–Crippen MR) is 210 cm³/mol. The van der Waals surface area contributed by atoms with Crippen LogP contribution < -0.4 is 0 Å². The predicted octanol–water partition coefficient (Wildman–Crippen LogP) is 12.2. The van der Waals surface area contributed by atoms with Crippen molar-refractivity contribution in [3.8, 4) is 21.3 Å². The Balaban J connectivity index is 0.000000323. The van der Waals surface area contributed by atoms with E-state index in [2.05, 4.69) is 82.3 Å². The van der Waals surface area contributed by atoms with Gasteiger partial charge in [-0.15, -0.1) is 0 Å². The second-order valence-electron chi connectivity index (χ2n) is 15.0. The second kappa shape index (κ2) is 17.5. The molecule has 0 unspecified atom stereocenters. The Hall–Kier alpha value is -2.95. The number of hydrogen-bond donors (Lipinski definition) is 1. The molecular formula is C45H52F2IrNO2Se-. The summed E-state index contributed by atoms with van der Waals surface area (Å²) >= 11 is 0.0236. The molecule has 7 heteroatoms. The maximum atomic E-state index is 14.1. The van der Waals surface area contributed by atoms with E-state index in [1.807, 2.05) is 40.0 Å². The molecule has 0 saturated carbocycles. The number of halogens is 2. The van der Waals surface area contributed by atoms with E-state index in [1.165, 1.54) is 36.7 Å². The Morgan fingerprint density at radius 1 is 0.962 bits per heavy atom. The Labute approximate surface area is 328 Å². The summed E-state index contributed by atoms with van der Waals surface area (Å²) in [6, 6.07) is 22.7. The Kier molecular flexibility index (Phi) is 14.0. The number of nitrogens with zero attached hydrogens (tertiary/aromatic N) is 1. The maximum Gasteiger partial charge on any atom is 0 e. The monoisotopic (exact) mass is 949 g/mol. The van der Waals surface area contributed by atoms with Crippen LogP contribution in [0, 0.1) is 24.8 Å². The number of pyridine rings is 1. The molecule has 0 saturated heterocycles. The number of carbonyl (C=O) groups is 1. The summed E-state index contributed by atoms with van der Waals surface area (Å²) in [5.74, 6) is -2.06. The first kappa shape index (κ1) is 41.8. The first-order valence-electron chi connectivity index (χ1n) is 18.5. The molecule has 2 aromatic heterocycles. The van der Waals surface area contributed by atoms with E-state index >= 15 is 0 Å². The summed E-state index contributed by atoms with van der Waals surface area (Å²) in [7, 11) is 0. The molecule has 3 nitrogen and oxygen atoms in total. The minimum Gasteiger partial charge on any atom is 0 e. The summed E-state index contributed by atoms with van der Waals surface area (Å²) in [5, 5.41) is 13.3. The molecule has 5 aromatic rings. The number of aromatic nitrogens is 1. The first-order valence-corrected chi connectivity index (χ1v) is 20.2. The van der Waals surface area contributed by atoms with Crippen LogP contribution in [0.5, 0.6) is 0 Å². The zero-order valence-electron chi connectivity index (χ0n) is 31.8. The summed E-state index contributed by atoms with van der Waals surface area (Å²) in [4.78, 5) is 16.6. The van der Waals surface area contributed by atoms with Crippen LogP contribution in [0.1, 0.15) is 103 Å². The van der Waals surface area contributed by atoms with E-state index < -0.39 is 5.92 Å². The van der Waals surface area contributed by atoms with Crippen molar-refractivity contribution in [1.29, 1.82) is 0 Å². The molecule has 279 valence electrons. The molecule has 6 rings (SSSR count). The molecule has 3 aromatic carbocycles. The summed E-state index contributed by atoms with van der Waals surface area (Å²) in [6.07, 6.45) is 7.04. The van der Waals surface area contributed by atoms with Crippen LogP contribution >= 0.6 is 0 Å². The number of allylic oxidation sites excluding steroid dienone is 2. The fraction of sp³-hybridized carbons (Fsp3) is 0.422. The topological polar surface area (TPSA) is 50.2 Å². The molecule has 0 atom stereocenters. The zero-order valence-corrected chi connectivity index (χ0v) is 35.9. The minimum atomic E-state index is -2.60. The van der Waals surface area contributed by atoms with Crippen molar-refractivity contribution < 1.29 is 38.8 Å². The van der Waals surface area contributed by atoms with Gasteiger partial charge in [-0.1, -0.05) is 27.7 Å². The molecule has 0 aliphatic heterocycles. The van der Waals surface area contributed by atoms with Gasteiger partial charge in [0.1, 0.15) is 0 Å². The molecule has 0 bridgehead atoms. The molecule has 1 N–H and O–H groups in total. The van der Waals surface area contributed by atoms with Crippen molar-refractivity contribution in [3.63, 3.8) is 0 Å². The zero-order chi connectivity index (χ0) is 37.1. The fourth-order valence-electron chi connectivity index (χ4n) is 7.23. The Morgan fingerprint density at radius 3 is 2.29 bits per heavy atom. The molecule has 2 heterocycles. The molecule has 1 radical (unpaired) electrons. The Morgan fingerprint density at radius 2 is 1.63 bits per heavy atom. The van der Waals surface area contributed by atoms with E-state index in [-0.39, 0.29) is 76.2 Å². The number of aryl methyl sites for hydroxylation is 2. The fourth-order valence-corrected chi connectivity index (χ4v) is 9.97. The van der Waals surface area contributed by atoms with Gasteiger partial charge in [-0.05, 0) is 25.7 Å². The number of ketones is 1. The van der Waals surface area contributed by atoms with Crippen LogP contribution in [0.3, 0.4) is 0 Å². The van der Waals surface area contributed by atoms with E-state index in [4.69, 9.17) is 4.98 Å². The Bertz CT molecular complexity index is 2050. The summed E-state index contributed by atoms with van der Waals surface area (Å²) in [5.41, 5.74) is 7.45. The van der Waals surface area contributed by atoms with Gasteiger partial charge in [0.25, 0.3) is 0 Å². The third-order valence-corrected chi connectivity index (χ3v) is 13.3. The molecule has 52 heavy (non-hydrogen) atoms. The van der Waals surface area contributed by atoms with Gasteiger partial charge in [0, 0.05) is 38.0 Å². The van der Waals surface area contributed by atoms with E-state index in [1.54, 1.807) is 0 Å². The third-order valence-electron chi connectivity index (χ3n) is 10.5. The number of hydrogen-bond acceptors (Lipinski definition) is 3. The van der Waals surface area contributed by atoms with Crippen molar-refractivity contribution >= 4 is 40.7 Å². The molecule has 0 amide bonds. The number of carbonyl (C=O) groups excluding carboxylic acids is 1. The van der Waals surface area contributed by atoms with Gasteiger partial charge in [-0.2, -0.15) is 0 Å². The van der Waals surface area contributed by atoms with Crippen LogP contribution in [0.15, 0.2) is 72.6 Å². The number of fused-ring (bicyclic) bond motifs is 3. The van der Waals surface area contributed by atoms with Gasteiger partial charge >= 0.3 is 217 Å². The van der Waals surface area contributed by atoms with Gasteiger partial charge in [-0.3, -0.25) is 4.79 Å². The third kappa shape index (κ3) is 9.22. The van der Waals surface area contributed by atoms with Gasteiger partial charge < -0.3 is 5.11 Å². The van der Waals surface area contributed by atoms with E-state index in [0.717, 1.165) is 59.0 Å². The van der Waals surface area contributed by atoms with Crippen LogP contribution in [0.25, 0.3) is 41.7 Å². The standard InChI is InChI=1S/C32H28F2NSe.C13H24O2.Ir/c1-19-25-12-14-35-28(23-15-21-7-5-6-8-26(21)27(17-23)31(2,3)4)30(25)36-29(19)22-10-9-20-11-13-32(33,34)18-24(20)16-22;1-5-10(6-2)12(14)9-13(15)11(7-3)8-4;/h5-10,12,14,16-17H,11,13,18H2,1-4H3;9-11,14H,5-8H2,1-4H3;/q-1;;/b;12-9-;. The van der Waals surface area contributed by atoms with Crippen molar-refractivity contribution in [3.05, 3.63) is 101 Å². The molecule has 0 spiro atoms. The van der Waals surface area contributed by atoms with E-state index in [9.17, 15) is 18.7 Å². The molecule has 1 aliphatic carbocycles. The van der Waals surface area contributed by atoms with Crippen LogP contribution in [-0.4, -0.2) is 36.3 Å². The maximum absolute atomic E-state index is 14.1. The molecule has 1 aliphatic rings. The second-order valence-corrected chi connectivity index (χ2v) is 17.1. The average molecular weight is 948 g/mol. The van der Waals surface area contributed by atoms with Crippen molar-refractivity contribution in [2.45, 2.75) is 112 Å². The van der Waals surface area contributed by atoms with Gasteiger partial charge in [0.2, 0.25) is 0 Å². The van der Waals surface area contributed by atoms with Crippen LogP contribution in [-0.2, 0) is 43.2 Å². The minimum absolute atomic E-state index is 0. The van der Waals surface area contributed by atoms with Crippen molar-refractivity contribution in [1.82, 2.24) is 4.98 Å². The number of aliphatic hydroxyl groups excluding tert-OH is 1. The van der Waals surface area contributed by atoms with Crippen molar-refractivity contribution in [2.24, 2.45) is 11.8 Å². The number of benzene rings is 3. The normalized spacial score (nSPS) is 14.3. The van der Waals surface area contributed by atoms with Crippen molar-refractivity contribution in [2.75, 3.05) is 0 Å². The van der Waals surface area contributed by atoms with E-state index in [0.29, 0.717) is 6.42 Å². The largest absolute Gasteiger partial charge is 0 e. The summed E-state index contributed by atoms with van der Waals surface area (Å²) < 4.78 is 30.8.